The van der Waals surface area contributed by atoms with Crippen LogP contribution < -0.4 is 11.1 Å². The Morgan fingerprint density at radius 1 is 1.38 bits per heavy atom. The van der Waals surface area contributed by atoms with Crippen LogP contribution in [-0.2, 0) is 9.59 Å². The summed E-state index contributed by atoms with van der Waals surface area (Å²) < 4.78 is 0. The SMILES string of the molecule is CC(C(=O)N(CC(N)=O)C1CCCNC1)c1ccccc1. The zero-order chi connectivity index (χ0) is 15.2. The van der Waals surface area contributed by atoms with E-state index in [2.05, 4.69) is 5.32 Å². The average molecular weight is 289 g/mol. The van der Waals surface area contributed by atoms with Gasteiger partial charge in [0.2, 0.25) is 11.8 Å². The maximum absolute atomic E-state index is 12.8. The highest BCUT2D eigenvalue weighted by Gasteiger charge is 2.30. The van der Waals surface area contributed by atoms with Gasteiger partial charge < -0.3 is 16.0 Å². The van der Waals surface area contributed by atoms with E-state index in [4.69, 9.17) is 5.73 Å². The second kappa shape index (κ2) is 7.22. The highest BCUT2D eigenvalue weighted by Crippen LogP contribution is 2.21. The molecule has 0 aliphatic carbocycles. The monoisotopic (exact) mass is 289 g/mol. The summed E-state index contributed by atoms with van der Waals surface area (Å²) in [6.07, 6.45) is 1.92. The summed E-state index contributed by atoms with van der Waals surface area (Å²) in [5.41, 5.74) is 6.28. The number of nitrogens with zero attached hydrogens (tertiary/aromatic N) is 1. The molecule has 21 heavy (non-hydrogen) atoms. The van der Waals surface area contributed by atoms with Crippen molar-refractivity contribution in [3.63, 3.8) is 0 Å². The van der Waals surface area contributed by atoms with Crippen molar-refractivity contribution < 1.29 is 9.59 Å². The van der Waals surface area contributed by atoms with Crippen molar-refractivity contribution in [2.45, 2.75) is 31.7 Å². The topological polar surface area (TPSA) is 75.4 Å². The van der Waals surface area contributed by atoms with E-state index in [-0.39, 0.29) is 24.4 Å². The molecule has 2 rings (SSSR count). The second-order valence-corrected chi connectivity index (χ2v) is 5.56. The number of nitrogens with two attached hydrogens (primary N) is 1. The van der Waals surface area contributed by atoms with Crippen LogP contribution >= 0.6 is 0 Å². The number of nitrogens with one attached hydrogen (secondary N) is 1. The van der Waals surface area contributed by atoms with E-state index in [1.54, 1.807) is 4.90 Å². The molecule has 1 aliphatic rings. The minimum Gasteiger partial charge on any atom is -0.368 e. The Morgan fingerprint density at radius 3 is 2.67 bits per heavy atom. The summed E-state index contributed by atoms with van der Waals surface area (Å²) in [7, 11) is 0. The quantitative estimate of drug-likeness (QED) is 0.844. The van der Waals surface area contributed by atoms with Crippen LogP contribution in [0.15, 0.2) is 30.3 Å². The Kier molecular flexibility index (Phi) is 5.33. The van der Waals surface area contributed by atoms with Gasteiger partial charge in [-0.25, -0.2) is 0 Å². The first kappa shape index (κ1) is 15.5. The van der Waals surface area contributed by atoms with Crippen LogP contribution in [0.3, 0.4) is 0 Å². The lowest BCUT2D eigenvalue weighted by molar-refractivity contribution is -0.139. The van der Waals surface area contributed by atoms with Gasteiger partial charge in [-0.1, -0.05) is 30.3 Å². The summed E-state index contributed by atoms with van der Waals surface area (Å²) in [5, 5.41) is 3.28. The number of benzene rings is 1. The lowest BCUT2D eigenvalue weighted by atomic mass is 9.97. The molecule has 0 bridgehead atoms. The maximum Gasteiger partial charge on any atom is 0.237 e. The van der Waals surface area contributed by atoms with Gasteiger partial charge in [0.1, 0.15) is 0 Å². The number of hydrogen-bond donors (Lipinski definition) is 2. The van der Waals surface area contributed by atoms with Crippen molar-refractivity contribution in [3.05, 3.63) is 35.9 Å². The first-order valence-corrected chi connectivity index (χ1v) is 7.44. The zero-order valence-corrected chi connectivity index (χ0v) is 12.4. The second-order valence-electron chi connectivity index (χ2n) is 5.56. The lowest BCUT2D eigenvalue weighted by Gasteiger charge is -2.35. The van der Waals surface area contributed by atoms with Crippen LogP contribution in [0.4, 0.5) is 0 Å². The van der Waals surface area contributed by atoms with E-state index in [1.807, 2.05) is 37.3 Å². The van der Waals surface area contributed by atoms with E-state index in [1.165, 1.54) is 0 Å². The molecular weight excluding hydrogens is 266 g/mol. The lowest BCUT2D eigenvalue weighted by Crippen LogP contribution is -2.52. The summed E-state index contributed by atoms with van der Waals surface area (Å²) in [4.78, 5) is 25.7. The summed E-state index contributed by atoms with van der Waals surface area (Å²) in [5.74, 6) is -0.768. The Morgan fingerprint density at radius 2 is 2.10 bits per heavy atom. The highest BCUT2D eigenvalue weighted by molar-refractivity contribution is 5.88. The molecule has 1 fully saturated rings. The van der Waals surface area contributed by atoms with E-state index < -0.39 is 5.91 Å². The molecule has 5 nitrogen and oxygen atoms in total. The zero-order valence-electron chi connectivity index (χ0n) is 12.4. The molecule has 1 heterocycles. The predicted molar refractivity (Wildman–Crippen MR) is 81.7 cm³/mol. The van der Waals surface area contributed by atoms with Crippen molar-refractivity contribution >= 4 is 11.8 Å². The highest BCUT2D eigenvalue weighted by atomic mass is 16.2. The molecule has 0 aromatic heterocycles. The molecule has 1 aromatic rings. The fourth-order valence-corrected chi connectivity index (χ4v) is 2.79. The fourth-order valence-electron chi connectivity index (χ4n) is 2.79. The van der Waals surface area contributed by atoms with Crippen molar-refractivity contribution in [2.24, 2.45) is 5.73 Å². The standard InChI is InChI=1S/C16H23N3O2/c1-12(13-6-3-2-4-7-13)16(21)19(11-15(17)20)14-8-5-9-18-10-14/h2-4,6-7,12,14,18H,5,8-11H2,1H3,(H2,17,20). The van der Waals surface area contributed by atoms with E-state index in [0.29, 0.717) is 0 Å². The Labute approximate surface area is 125 Å². The van der Waals surface area contributed by atoms with Gasteiger partial charge in [-0.2, -0.15) is 0 Å². The van der Waals surface area contributed by atoms with Crippen molar-refractivity contribution in [3.8, 4) is 0 Å². The van der Waals surface area contributed by atoms with Crippen LogP contribution in [0.25, 0.3) is 0 Å². The van der Waals surface area contributed by atoms with Crippen LogP contribution in [-0.4, -0.2) is 42.4 Å². The van der Waals surface area contributed by atoms with Gasteiger partial charge in [0.05, 0.1) is 12.5 Å². The van der Waals surface area contributed by atoms with Gasteiger partial charge in [-0.3, -0.25) is 9.59 Å². The first-order chi connectivity index (χ1) is 10.1. The predicted octanol–water partition coefficient (Wildman–Crippen LogP) is 0.856. The van der Waals surface area contributed by atoms with Crippen molar-refractivity contribution in [1.82, 2.24) is 10.2 Å². The Bertz CT molecular complexity index is 484. The molecule has 1 aromatic carbocycles. The smallest absolute Gasteiger partial charge is 0.237 e. The summed E-state index contributed by atoms with van der Waals surface area (Å²) >= 11 is 0. The molecular formula is C16H23N3O2. The van der Waals surface area contributed by atoms with Gasteiger partial charge in [-0.05, 0) is 31.9 Å². The molecule has 2 unspecified atom stereocenters. The number of piperidine rings is 1. The molecule has 1 aliphatic heterocycles. The summed E-state index contributed by atoms with van der Waals surface area (Å²) in [6, 6.07) is 9.67. The van der Waals surface area contributed by atoms with Gasteiger partial charge in [0.25, 0.3) is 0 Å². The van der Waals surface area contributed by atoms with Crippen LogP contribution in [0.1, 0.15) is 31.2 Å². The molecule has 3 N–H and O–H groups in total. The third kappa shape index (κ3) is 4.04. The molecule has 114 valence electrons. The molecule has 2 atom stereocenters. The molecule has 0 spiro atoms. The maximum atomic E-state index is 12.8. The number of carbonyl (C=O) groups is 2. The van der Waals surface area contributed by atoms with Crippen molar-refractivity contribution in [2.75, 3.05) is 19.6 Å². The van der Waals surface area contributed by atoms with Gasteiger partial charge in [-0.15, -0.1) is 0 Å². The number of amides is 2. The minimum absolute atomic E-state index is 0.0116. The van der Waals surface area contributed by atoms with Gasteiger partial charge >= 0.3 is 0 Å². The normalized spacial score (nSPS) is 19.8. The van der Waals surface area contributed by atoms with E-state index >= 15 is 0 Å². The van der Waals surface area contributed by atoms with Crippen molar-refractivity contribution in [1.29, 1.82) is 0 Å². The Hall–Kier alpha value is -1.88. The van der Waals surface area contributed by atoms with Gasteiger partial charge in [0.15, 0.2) is 0 Å². The van der Waals surface area contributed by atoms with Crippen LogP contribution in [0, 0.1) is 0 Å². The summed E-state index contributed by atoms with van der Waals surface area (Å²) in [6.45, 7) is 3.55. The first-order valence-electron chi connectivity index (χ1n) is 7.44. The third-order valence-corrected chi connectivity index (χ3v) is 3.99. The molecule has 0 saturated carbocycles. The fraction of sp³-hybridized carbons (Fsp3) is 0.500. The number of hydrogen-bond acceptors (Lipinski definition) is 3. The minimum atomic E-state index is -0.464. The number of primary amides is 1. The molecule has 2 amide bonds. The van der Waals surface area contributed by atoms with Gasteiger partial charge in [0, 0.05) is 12.6 Å². The van der Waals surface area contributed by atoms with Crippen LogP contribution in [0.2, 0.25) is 0 Å². The van der Waals surface area contributed by atoms with Crippen LogP contribution in [0.5, 0.6) is 0 Å². The van der Waals surface area contributed by atoms with E-state index in [9.17, 15) is 9.59 Å². The molecule has 0 radical (unpaired) electrons. The Balaban J connectivity index is 2.15. The number of carbonyl (C=O) groups excluding carboxylic acids is 2. The largest absolute Gasteiger partial charge is 0.368 e. The van der Waals surface area contributed by atoms with E-state index in [0.717, 1.165) is 31.5 Å². The molecule has 1 saturated heterocycles. The number of rotatable bonds is 5. The third-order valence-electron chi connectivity index (χ3n) is 3.99. The molecule has 5 heteroatoms. The average Bonchev–Trinajstić information content (AvgIpc) is 2.53.